The summed E-state index contributed by atoms with van der Waals surface area (Å²) >= 11 is 0. The van der Waals surface area contributed by atoms with E-state index < -0.39 is 0 Å². The standard InChI is InChI=1S/C26H28N6O3/c1-19-8-10-20(11-9-19)25-28-23(35-29-25)7-4-12-30-13-15-31(16-14-30)24(33)18-32-26(34)22-6-3-2-5-21(22)17-27-32/h2-3,5-6,8-11,17H,4,7,12-16,18H2,1H3. The van der Waals surface area contributed by atoms with Crippen LogP contribution in [0.1, 0.15) is 17.9 Å². The molecule has 35 heavy (non-hydrogen) atoms. The van der Waals surface area contributed by atoms with Crippen molar-refractivity contribution in [2.75, 3.05) is 32.7 Å². The van der Waals surface area contributed by atoms with Gasteiger partial charge in [-0.25, -0.2) is 4.68 Å². The second-order valence-corrected chi connectivity index (χ2v) is 8.90. The zero-order valence-electron chi connectivity index (χ0n) is 19.8. The average Bonchev–Trinajstić information content (AvgIpc) is 3.35. The Morgan fingerprint density at radius 1 is 1.03 bits per heavy atom. The third-order valence-electron chi connectivity index (χ3n) is 6.41. The van der Waals surface area contributed by atoms with Gasteiger partial charge in [-0.15, -0.1) is 0 Å². The number of rotatable bonds is 7. The smallest absolute Gasteiger partial charge is 0.275 e. The molecule has 2 aromatic heterocycles. The number of aryl methyl sites for hydroxylation is 2. The van der Waals surface area contributed by atoms with Crippen molar-refractivity contribution in [2.45, 2.75) is 26.3 Å². The van der Waals surface area contributed by atoms with E-state index in [9.17, 15) is 9.59 Å². The molecule has 0 N–H and O–H groups in total. The summed E-state index contributed by atoms with van der Waals surface area (Å²) in [6.07, 6.45) is 3.25. The number of fused-ring (bicyclic) bond motifs is 1. The van der Waals surface area contributed by atoms with Crippen LogP contribution in [-0.4, -0.2) is 68.4 Å². The maximum Gasteiger partial charge on any atom is 0.275 e. The fourth-order valence-corrected chi connectivity index (χ4v) is 4.32. The second-order valence-electron chi connectivity index (χ2n) is 8.90. The summed E-state index contributed by atoms with van der Waals surface area (Å²) in [5.41, 5.74) is 1.91. The highest BCUT2D eigenvalue weighted by molar-refractivity contribution is 5.81. The first kappa shape index (κ1) is 22.9. The topological polar surface area (TPSA) is 97.4 Å². The lowest BCUT2D eigenvalue weighted by Crippen LogP contribution is -2.50. The van der Waals surface area contributed by atoms with E-state index in [0.717, 1.165) is 37.0 Å². The van der Waals surface area contributed by atoms with Crippen molar-refractivity contribution in [3.63, 3.8) is 0 Å². The van der Waals surface area contributed by atoms with Gasteiger partial charge in [-0.05, 0) is 26.0 Å². The van der Waals surface area contributed by atoms with Crippen molar-refractivity contribution < 1.29 is 9.32 Å². The molecule has 0 unspecified atom stereocenters. The van der Waals surface area contributed by atoms with Gasteiger partial charge in [0.05, 0.1) is 11.6 Å². The number of nitrogens with zero attached hydrogens (tertiary/aromatic N) is 6. The number of benzene rings is 2. The lowest BCUT2D eigenvalue weighted by Gasteiger charge is -2.34. The van der Waals surface area contributed by atoms with Crippen LogP contribution in [0.5, 0.6) is 0 Å². The van der Waals surface area contributed by atoms with E-state index in [2.05, 4.69) is 20.1 Å². The van der Waals surface area contributed by atoms with Gasteiger partial charge in [0, 0.05) is 43.5 Å². The Hall–Kier alpha value is -3.85. The zero-order valence-corrected chi connectivity index (χ0v) is 19.8. The Morgan fingerprint density at radius 3 is 2.60 bits per heavy atom. The number of carbonyl (C=O) groups is 1. The molecule has 9 nitrogen and oxygen atoms in total. The minimum Gasteiger partial charge on any atom is -0.339 e. The Labute approximate surface area is 203 Å². The van der Waals surface area contributed by atoms with Crippen molar-refractivity contribution in [1.82, 2.24) is 29.7 Å². The van der Waals surface area contributed by atoms with Crippen LogP contribution in [-0.2, 0) is 17.8 Å². The zero-order chi connectivity index (χ0) is 24.2. The largest absolute Gasteiger partial charge is 0.339 e. The molecule has 1 aliphatic heterocycles. The molecule has 1 aliphatic rings. The van der Waals surface area contributed by atoms with Gasteiger partial charge in [-0.3, -0.25) is 14.5 Å². The molecule has 180 valence electrons. The third kappa shape index (κ3) is 5.30. The Balaban J connectivity index is 1.08. The number of amides is 1. The van der Waals surface area contributed by atoms with Gasteiger partial charge in [0.25, 0.3) is 5.56 Å². The fraction of sp³-hybridized carbons (Fsp3) is 0.346. The molecule has 9 heteroatoms. The normalized spacial score (nSPS) is 14.5. The van der Waals surface area contributed by atoms with E-state index >= 15 is 0 Å². The summed E-state index contributed by atoms with van der Waals surface area (Å²) in [5, 5.41) is 9.63. The van der Waals surface area contributed by atoms with Crippen molar-refractivity contribution in [1.29, 1.82) is 0 Å². The minimum absolute atomic E-state index is 0.0376. The Bertz CT molecular complexity index is 1370. The van der Waals surface area contributed by atoms with Gasteiger partial charge in [-0.2, -0.15) is 10.1 Å². The first-order valence-electron chi connectivity index (χ1n) is 11.9. The van der Waals surface area contributed by atoms with Crippen LogP contribution in [0.3, 0.4) is 0 Å². The van der Waals surface area contributed by atoms with Gasteiger partial charge >= 0.3 is 0 Å². The molecule has 1 fully saturated rings. The molecule has 5 rings (SSSR count). The minimum atomic E-state index is -0.235. The molecule has 1 amide bonds. The molecular formula is C26H28N6O3. The van der Waals surface area contributed by atoms with Gasteiger partial charge in [0.15, 0.2) is 0 Å². The summed E-state index contributed by atoms with van der Waals surface area (Å²) in [6, 6.07) is 15.3. The molecule has 0 saturated carbocycles. The van der Waals surface area contributed by atoms with Crippen LogP contribution in [0.15, 0.2) is 64.0 Å². The summed E-state index contributed by atoms with van der Waals surface area (Å²) in [6.45, 7) is 5.78. The van der Waals surface area contributed by atoms with Crippen LogP contribution in [0.4, 0.5) is 0 Å². The SMILES string of the molecule is Cc1ccc(-c2noc(CCCN3CCN(C(=O)Cn4ncc5ccccc5c4=O)CC3)n2)cc1. The summed E-state index contributed by atoms with van der Waals surface area (Å²) in [7, 11) is 0. The molecule has 0 spiro atoms. The lowest BCUT2D eigenvalue weighted by atomic mass is 10.1. The first-order valence-corrected chi connectivity index (χ1v) is 11.9. The predicted octanol–water partition coefficient (Wildman–Crippen LogP) is 2.53. The van der Waals surface area contributed by atoms with Gasteiger partial charge < -0.3 is 9.42 Å². The molecular weight excluding hydrogens is 444 g/mol. The molecule has 0 atom stereocenters. The second kappa shape index (κ2) is 10.2. The van der Waals surface area contributed by atoms with E-state index in [4.69, 9.17) is 4.52 Å². The van der Waals surface area contributed by atoms with Crippen LogP contribution >= 0.6 is 0 Å². The van der Waals surface area contributed by atoms with Crippen LogP contribution < -0.4 is 5.56 Å². The van der Waals surface area contributed by atoms with Crippen molar-refractivity contribution >= 4 is 16.7 Å². The number of hydrogen-bond donors (Lipinski definition) is 0. The van der Waals surface area contributed by atoms with E-state index in [1.807, 2.05) is 54.3 Å². The molecule has 3 heterocycles. The van der Waals surface area contributed by atoms with Crippen LogP contribution in [0, 0.1) is 6.92 Å². The quantitative estimate of drug-likeness (QED) is 0.408. The molecule has 1 saturated heterocycles. The van der Waals surface area contributed by atoms with E-state index in [1.165, 1.54) is 10.2 Å². The maximum atomic E-state index is 12.8. The number of hydrogen-bond acceptors (Lipinski definition) is 7. The van der Waals surface area contributed by atoms with E-state index in [0.29, 0.717) is 36.6 Å². The van der Waals surface area contributed by atoms with E-state index in [-0.39, 0.29) is 18.0 Å². The molecule has 0 bridgehead atoms. The van der Waals surface area contributed by atoms with Gasteiger partial charge in [0.1, 0.15) is 6.54 Å². The first-order chi connectivity index (χ1) is 17.1. The highest BCUT2D eigenvalue weighted by atomic mass is 16.5. The van der Waals surface area contributed by atoms with Gasteiger partial charge in [-0.1, -0.05) is 53.2 Å². The molecule has 2 aromatic carbocycles. The molecule has 0 aliphatic carbocycles. The fourth-order valence-electron chi connectivity index (χ4n) is 4.32. The van der Waals surface area contributed by atoms with E-state index in [1.54, 1.807) is 12.3 Å². The van der Waals surface area contributed by atoms with Crippen LogP contribution in [0.2, 0.25) is 0 Å². The van der Waals surface area contributed by atoms with Crippen molar-refractivity contribution in [3.8, 4) is 11.4 Å². The van der Waals surface area contributed by atoms with Crippen LogP contribution in [0.25, 0.3) is 22.2 Å². The number of piperazine rings is 1. The van der Waals surface area contributed by atoms with Crippen molar-refractivity contribution in [2.24, 2.45) is 0 Å². The Kier molecular flexibility index (Phi) is 6.67. The summed E-state index contributed by atoms with van der Waals surface area (Å²) < 4.78 is 6.67. The third-order valence-corrected chi connectivity index (χ3v) is 6.41. The summed E-state index contributed by atoms with van der Waals surface area (Å²) in [5.74, 6) is 1.18. The van der Waals surface area contributed by atoms with Crippen molar-refractivity contribution in [3.05, 3.63) is 76.5 Å². The Morgan fingerprint density at radius 2 is 1.80 bits per heavy atom. The number of aromatic nitrogens is 4. The van der Waals surface area contributed by atoms with Gasteiger partial charge in [0.2, 0.25) is 17.6 Å². The number of carbonyl (C=O) groups excluding carboxylic acids is 1. The predicted molar refractivity (Wildman–Crippen MR) is 132 cm³/mol. The highest BCUT2D eigenvalue weighted by Gasteiger charge is 2.22. The molecule has 4 aromatic rings. The summed E-state index contributed by atoms with van der Waals surface area (Å²) in [4.78, 5) is 34.1. The lowest BCUT2D eigenvalue weighted by molar-refractivity contribution is -0.133. The maximum absolute atomic E-state index is 12.8. The highest BCUT2D eigenvalue weighted by Crippen LogP contribution is 2.17. The monoisotopic (exact) mass is 472 g/mol. The average molecular weight is 473 g/mol. The molecule has 0 radical (unpaired) electrons.